The van der Waals surface area contributed by atoms with Crippen LogP contribution in [0.15, 0.2) is 0 Å². The molecule has 0 aliphatic heterocycles. The number of carbonyl (C=O) groups is 1. The molecule has 1 aliphatic rings. The molecule has 1 amide bonds. The maximum absolute atomic E-state index is 11.1. The fraction of sp³-hybridized carbons (Fsp3) is 0.889. The second kappa shape index (κ2) is 4.58. The van der Waals surface area contributed by atoms with Crippen LogP contribution in [0.3, 0.4) is 0 Å². The van der Waals surface area contributed by atoms with Crippen LogP contribution in [-0.2, 0) is 4.79 Å². The Morgan fingerprint density at radius 2 is 2.08 bits per heavy atom. The molecule has 1 rings (SSSR count). The van der Waals surface area contributed by atoms with E-state index >= 15 is 0 Å². The van der Waals surface area contributed by atoms with Gasteiger partial charge in [-0.1, -0.05) is 12.8 Å². The minimum absolute atomic E-state index is 0.171. The zero-order valence-electron chi connectivity index (χ0n) is 7.86. The summed E-state index contributed by atoms with van der Waals surface area (Å²) >= 11 is 0. The lowest BCUT2D eigenvalue weighted by Crippen LogP contribution is -2.47. The van der Waals surface area contributed by atoms with E-state index in [0.29, 0.717) is 0 Å². The Balaban J connectivity index is 2.38. The van der Waals surface area contributed by atoms with Gasteiger partial charge in [-0.25, -0.2) is 0 Å². The number of rotatable bonds is 2. The van der Waals surface area contributed by atoms with E-state index in [2.05, 4.69) is 5.32 Å². The van der Waals surface area contributed by atoms with Crippen molar-refractivity contribution in [1.82, 2.24) is 5.32 Å². The minimum Gasteiger partial charge on any atom is -0.391 e. The third kappa shape index (κ3) is 2.97. The normalized spacial score (nSPS) is 31.0. The highest BCUT2D eigenvalue weighted by molar-refractivity contribution is 5.80. The van der Waals surface area contributed by atoms with Gasteiger partial charge in [-0.2, -0.15) is 0 Å². The Bertz CT molecular complexity index is 182. The number of aliphatic hydroxyl groups excluding tert-OH is 2. The fourth-order valence-electron chi connectivity index (χ4n) is 1.58. The molecule has 0 spiro atoms. The Morgan fingerprint density at radius 1 is 1.46 bits per heavy atom. The first-order chi connectivity index (χ1) is 6.11. The summed E-state index contributed by atoms with van der Waals surface area (Å²) < 4.78 is 0. The average molecular weight is 187 g/mol. The Hall–Kier alpha value is -0.610. The number of amides is 1. The second-order valence-corrected chi connectivity index (χ2v) is 3.64. The van der Waals surface area contributed by atoms with Crippen LogP contribution < -0.4 is 5.32 Å². The standard InChI is InChI=1S/C9H17NO3/c1-6(11)9(13)10-7-4-2-3-5-8(7)12/h6-8,11-12H,2-5H2,1H3,(H,10,13)/t6-,7-,8-/m0/s1. The van der Waals surface area contributed by atoms with Crippen LogP contribution in [0.5, 0.6) is 0 Å². The maximum atomic E-state index is 11.1. The molecule has 13 heavy (non-hydrogen) atoms. The van der Waals surface area contributed by atoms with Crippen LogP contribution in [0.4, 0.5) is 0 Å². The van der Waals surface area contributed by atoms with Gasteiger partial charge in [-0.15, -0.1) is 0 Å². The molecule has 0 radical (unpaired) electrons. The summed E-state index contributed by atoms with van der Waals surface area (Å²) in [4.78, 5) is 11.1. The summed E-state index contributed by atoms with van der Waals surface area (Å²) in [6.45, 7) is 1.42. The lowest BCUT2D eigenvalue weighted by Gasteiger charge is -2.28. The largest absolute Gasteiger partial charge is 0.391 e. The van der Waals surface area contributed by atoms with E-state index < -0.39 is 18.1 Å². The number of hydrogen-bond acceptors (Lipinski definition) is 3. The monoisotopic (exact) mass is 187 g/mol. The number of aliphatic hydroxyl groups is 2. The third-order valence-electron chi connectivity index (χ3n) is 2.44. The quantitative estimate of drug-likeness (QED) is 0.560. The van der Waals surface area contributed by atoms with Crippen molar-refractivity contribution in [1.29, 1.82) is 0 Å². The van der Waals surface area contributed by atoms with Crippen LogP contribution in [0.2, 0.25) is 0 Å². The predicted octanol–water partition coefficient (Wildman–Crippen LogP) is -0.213. The summed E-state index contributed by atoms with van der Waals surface area (Å²) in [5.74, 6) is -0.397. The molecule has 0 saturated heterocycles. The van der Waals surface area contributed by atoms with Crippen molar-refractivity contribution in [3.05, 3.63) is 0 Å². The minimum atomic E-state index is -0.992. The van der Waals surface area contributed by atoms with Crippen LogP contribution in [0.1, 0.15) is 32.6 Å². The molecule has 0 unspecified atom stereocenters. The van der Waals surface area contributed by atoms with Gasteiger partial charge >= 0.3 is 0 Å². The maximum Gasteiger partial charge on any atom is 0.248 e. The van der Waals surface area contributed by atoms with Crippen LogP contribution >= 0.6 is 0 Å². The highest BCUT2D eigenvalue weighted by atomic mass is 16.3. The lowest BCUT2D eigenvalue weighted by molar-refractivity contribution is -0.130. The van der Waals surface area contributed by atoms with E-state index in [1.54, 1.807) is 0 Å². The number of hydrogen-bond donors (Lipinski definition) is 3. The summed E-state index contributed by atoms with van der Waals surface area (Å²) in [5.41, 5.74) is 0. The molecule has 0 bridgehead atoms. The van der Waals surface area contributed by atoms with Crippen molar-refractivity contribution in [2.45, 2.75) is 50.9 Å². The van der Waals surface area contributed by atoms with Gasteiger partial charge in [0.2, 0.25) is 5.91 Å². The molecule has 3 N–H and O–H groups in total. The zero-order valence-corrected chi connectivity index (χ0v) is 7.86. The van der Waals surface area contributed by atoms with Crippen LogP contribution in [-0.4, -0.2) is 34.4 Å². The smallest absolute Gasteiger partial charge is 0.248 e. The molecule has 4 nitrogen and oxygen atoms in total. The third-order valence-corrected chi connectivity index (χ3v) is 2.44. The van der Waals surface area contributed by atoms with Crippen molar-refractivity contribution < 1.29 is 15.0 Å². The van der Waals surface area contributed by atoms with Gasteiger partial charge in [-0.3, -0.25) is 4.79 Å². The van der Waals surface area contributed by atoms with E-state index in [1.165, 1.54) is 6.92 Å². The van der Waals surface area contributed by atoms with E-state index in [4.69, 9.17) is 5.11 Å². The van der Waals surface area contributed by atoms with E-state index in [1.807, 2.05) is 0 Å². The molecule has 0 aromatic heterocycles. The molecule has 3 atom stereocenters. The lowest BCUT2D eigenvalue weighted by atomic mass is 9.92. The molecule has 0 aromatic rings. The van der Waals surface area contributed by atoms with E-state index in [0.717, 1.165) is 25.7 Å². The molecule has 1 fully saturated rings. The summed E-state index contributed by atoms with van der Waals surface area (Å²) in [7, 11) is 0. The molecule has 4 heteroatoms. The molecule has 1 saturated carbocycles. The molecular weight excluding hydrogens is 170 g/mol. The van der Waals surface area contributed by atoms with Gasteiger partial charge in [0, 0.05) is 0 Å². The van der Waals surface area contributed by atoms with Crippen LogP contribution in [0, 0.1) is 0 Å². The first-order valence-electron chi connectivity index (χ1n) is 4.78. The van der Waals surface area contributed by atoms with Crippen molar-refractivity contribution >= 4 is 5.91 Å². The predicted molar refractivity (Wildman–Crippen MR) is 48.1 cm³/mol. The van der Waals surface area contributed by atoms with Gasteiger partial charge in [0.05, 0.1) is 12.1 Å². The van der Waals surface area contributed by atoms with Gasteiger partial charge in [0.25, 0.3) is 0 Å². The van der Waals surface area contributed by atoms with Crippen molar-refractivity contribution in [2.75, 3.05) is 0 Å². The van der Waals surface area contributed by atoms with Crippen molar-refractivity contribution in [3.8, 4) is 0 Å². The second-order valence-electron chi connectivity index (χ2n) is 3.64. The topological polar surface area (TPSA) is 69.6 Å². The summed E-state index contributed by atoms with van der Waals surface area (Å²) in [6, 6.07) is -0.171. The van der Waals surface area contributed by atoms with Gasteiger partial charge in [0.15, 0.2) is 0 Å². The highest BCUT2D eigenvalue weighted by Crippen LogP contribution is 2.18. The Kier molecular flexibility index (Phi) is 3.69. The first-order valence-corrected chi connectivity index (χ1v) is 4.78. The molecular formula is C9H17NO3. The molecule has 0 heterocycles. The number of carbonyl (C=O) groups excluding carboxylic acids is 1. The van der Waals surface area contributed by atoms with Gasteiger partial charge in [-0.05, 0) is 19.8 Å². The number of nitrogens with one attached hydrogen (secondary N) is 1. The first kappa shape index (κ1) is 10.5. The SMILES string of the molecule is C[C@H](O)C(=O)N[C@H]1CCCC[C@@H]1O. The van der Waals surface area contributed by atoms with E-state index in [9.17, 15) is 9.90 Å². The fourth-order valence-corrected chi connectivity index (χ4v) is 1.58. The average Bonchev–Trinajstić information content (AvgIpc) is 2.08. The van der Waals surface area contributed by atoms with Crippen LogP contribution in [0.25, 0.3) is 0 Å². The van der Waals surface area contributed by atoms with Crippen molar-refractivity contribution in [3.63, 3.8) is 0 Å². The Morgan fingerprint density at radius 3 is 2.62 bits per heavy atom. The van der Waals surface area contributed by atoms with Gasteiger partial charge in [0.1, 0.15) is 6.10 Å². The summed E-state index contributed by atoms with van der Waals surface area (Å²) in [6.07, 6.45) is 2.15. The molecule has 0 aromatic carbocycles. The Labute approximate surface area is 78.0 Å². The van der Waals surface area contributed by atoms with Gasteiger partial charge < -0.3 is 15.5 Å². The molecule has 1 aliphatic carbocycles. The molecule has 76 valence electrons. The summed E-state index contributed by atoms with van der Waals surface area (Å²) in [5, 5.41) is 21.1. The highest BCUT2D eigenvalue weighted by Gasteiger charge is 2.25. The zero-order chi connectivity index (χ0) is 9.84. The van der Waals surface area contributed by atoms with Crippen molar-refractivity contribution in [2.24, 2.45) is 0 Å². The van der Waals surface area contributed by atoms with E-state index in [-0.39, 0.29) is 6.04 Å².